The van der Waals surface area contributed by atoms with Crippen LogP contribution in [0.15, 0.2) is 71.2 Å². The number of ketones is 1. The van der Waals surface area contributed by atoms with Gasteiger partial charge in [-0.2, -0.15) is 0 Å². The van der Waals surface area contributed by atoms with E-state index in [2.05, 4.69) is 15.9 Å². The molecule has 0 unspecified atom stereocenters. The monoisotopic (exact) mass is 470 g/mol. The van der Waals surface area contributed by atoms with Crippen molar-refractivity contribution in [1.82, 2.24) is 0 Å². The minimum absolute atomic E-state index is 0.0348. The Morgan fingerprint density at radius 2 is 1.86 bits per heavy atom. The number of carbonyl (C=O) groups excluding carboxylic acids is 1. The molecule has 0 amide bonds. The zero-order valence-corrected chi connectivity index (χ0v) is 18.5. The second-order valence-corrected chi connectivity index (χ2v) is 7.79. The Bertz CT molecular complexity index is 1060. The fourth-order valence-electron chi connectivity index (χ4n) is 2.83. The average Bonchev–Trinajstić information content (AvgIpc) is 2.71. The summed E-state index contributed by atoms with van der Waals surface area (Å²) in [6.07, 6.45) is 3.38. The van der Waals surface area contributed by atoms with E-state index in [0.29, 0.717) is 22.9 Å². The van der Waals surface area contributed by atoms with Crippen molar-refractivity contribution >= 4 is 39.4 Å². The van der Waals surface area contributed by atoms with Gasteiger partial charge in [0, 0.05) is 16.1 Å². The summed E-state index contributed by atoms with van der Waals surface area (Å²) >= 11 is 9.42. The third kappa shape index (κ3) is 5.72. The van der Waals surface area contributed by atoms with Crippen LogP contribution in [-0.4, -0.2) is 12.9 Å². The Balaban J connectivity index is 1.76. The van der Waals surface area contributed by atoms with Gasteiger partial charge in [-0.1, -0.05) is 47.5 Å². The van der Waals surface area contributed by atoms with E-state index in [0.717, 1.165) is 26.9 Å². The Kier molecular flexibility index (Phi) is 7.13. The normalized spacial score (nSPS) is 10.9. The van der Waals surface area contributed by atoms with Gasteiger partial charge >= 0.3 is 0 Å². The van der Waals surface area contributed by atoms with Crippen LogP contribution in [-0.2, 0) is 6.61 Å². The van der Waals surface area contributed by atoms with Crippen molar-refractivity contribution in [2.75, 3.05) is 7.11 Å². The molecule has 0 aromatic heterocycles. The molecular weight excluding hydrogens is 452 g/mol. The van der Waals surface area contributed by atoms with E-state index in [-0.39, 0.29) is 5.78 Å². The maximum absolute atomic E-state index is 12.4. The molecule has 3 aromatic rings. The summed E-state index contributed by atoms with van der Waals surface area (Å²) < 4.78 is 12.1. The van der Waals surface area contributed by atoms with Crippen LogP contribution in [0.5, 0.6) is 11.5 Å². The Hall–Kier alpha value is -2.56. The summed E-state index contributed by atoms with van der Waals surface area (Å²) in [6.45, 7) is 2.28. The predicted molar refractivity (Wildman–Crippen MR) is 121 cm³/mol. The Morgan fingerprint density at radius 1 is 1.07 bits per heavy atom. The van der Waals surface area contributed by atoms with Gasteiger partial charge in [-0.25, -0.2) is 0 Å². The number of hydrogen-bond acceptors (Lipinski definition) is 3. The van der Waals surface area contributed by atoms with Gasteiger partial charge in [0.15, 0.2) is 5.78 Å². The second-order valence-electron chi connectivity index (χ2n) is 6.50. The highest BCUT2D eigenvalue weighted by Crippen LogP contribution is 2.30. The maximum Gasteiger partial charge on any atom is 0.185 e. The van der Waals surface area contributed by atoms with Crippen LogP contribution in [0.25, 0.3) is 6.08 Å². The predicted octanol–water partition coefficient (Wildman–Crippen LogP) is 6.89. The summed E-state index contributed by atoms with van der Waals surface area (Å²) in [6, 6.07) is 18.6. The van der Waals surface area contributed by atoms with Crippen LogP contribution in [0.2, 0.25) is 5.02 Å². The summed E-state index contributed by atoms with van der Waals surface area (Å²) in [7, 11) is 1.62. The Morgan fingerprint density at radius 3 is 2.59 bits per heavy atom. The number of methoxy groups -OCH3 is 1. The SMILES string of the molecule is COc1ccc(/C=C/C(=O)c2cccc(C)c2)cc1COc1ccc(Cl)cc1Br. The number of hydrogen-bond donors (Lipinski definition) is 0. The lowest BCUT2D eigenvalue weighted by Gasteiger charge is -2.12. The van der Waals surface area contributed by atoms with E-state index in [1.165, 1.54) is 0 Å². The molecule has 0 saturated carbocycles. The second kappa shape index (κ2) is 9.77. The maximum atomic E-state index is 12.4. The number of benzene rings is 3. The molecule has 148 valence electrons. The molecule has 3 nitrogen and oxygen atoms in total. The molecule has 0 spiro atoms. The van der Waals surface area contributed by atoms with E-state index in [1.54, 1.807) is 31.4 Å². The molecule has 3 rings (SSSR count). The van der Waals surface area contributed by atoms with E-state index in [1.807, 2.05) is 55.5 Å². The van der Waals surface area contributed by atoms with Gasteiger partial charge in [-0.05, 0) is 70.9 Å². The molecule has 0 heterocycles. The van der Waals surface area contributed by atoms with Crippen LogP contribution >= 0.6 is 27.5 Å². The van der Waals surface area contributed by atoms with Crippen molar-refractivity contribution in [3.8, 4) is 11.5 Å². The first-order valence-electron chi connectivity index (χ1n) is 9.00. The van der Waals surface area contributed by atoms with E-state index < -0.39 is 0 Å². The minimum atomic E-state index is -0.0348. The van der Waals surface area contributed by atoms with E-state index >= 15 is 0 Å². The molecule has 0 radical (unpaired) electrons. The van der Waals surface area contributed by atoms with Crippen LogP contribution in [0, 0.1) is 6.92 Å². The lowest BCUT2D eigenvalue weighted by atomic mass is 10.1. The molecule has 0 aliphatic carbocycles. The fourth-order valence-corrected chi connectivity index (χ4v) is 3.63. The van der Waals surface area contributed by atoms with E-state index in [9.17, 15) is 4.79 Å². The molecule has 0 aliphatic heterocycles. The smallest absolute Gasteiger partial charge is 0.185 e. The molecule has 0 saturated heterocycles. The van der Waals surface area contributed by atoms with Gasteiger partial charge in [-0.3, -0.25) is 4.79 Å². The summed E-state index contributed by atoms with van der Waals surface area (Å²) in [5, 5.41) is 0.632. The van der Waals surface area contributed by atoms with Gasteiger partial charge in [0.25, 0.3) is 0 Å². The molecule has 0 aliphatic rings. The molecule has 0 N–H and O–H groups in total. The molecule has 0 fully saturated rings. The van der Waals surface area contributed by atoms with Crippen molar-refractivity contribution in [1.29, 1.82) is 0 Å². The van der Waals surface area contributed by atoms with Crippen LogP contribution in [0.1, 0.15) is 27.0 Å². The molecule has 3 aromatic carbocycles. The first kappa shape index (κ1) is 21.2. The lowest BCUT2D eigenvalue weighted by Crippen LogP contribution is -2.00. The first-order chi connectivity index (χ1) is 14.0. The van der Waals surface area contributed by atoms with Crippen LogP contribution in [0.3, 0.4) is 0 Å². The average molecular weight is 472 g/mol. The zero-order valence-electron chi connectivity index (χ0n) is 16.1. The molecule has 0 bridgehead atoms. The third-order valence-electron chi connectivity index (χ3n) is 4.31. The topological polar surface area (TPSA) is 35.5 Å². The number of carbonyl (C=O) groups is 1. The number of aryl methyl sites for hydroxylation is 1. The fraction of sp³-hybridized carbons (Fsp3) is 0.125. The van der Waals surface area contributed by atoms with Crippen molar-refractivity contribution in [3.05, 3.63) is 98.5 Å². The quantitative estimate of drug-likeness (QED) is 0.278. The van der Waals surface area contributed by atoms with E-state index in [4.69, 9.17) is 21.1 Å². The molecule has 5 heteroatoms. The number of ether oxygens (including phenoxy) is 2. The van der Waals surface area contributed by atoms with Crippen molar-refractivity contribution in [2.45, 2.75) is 13.5 Å². The van der Waals surface area contributed by atoms with Gasteiger partial charge in [-0.15, -0.1) is 0 Å². The van der Waals surface area contributed by atoms with Gasteiger partial charge in [0.2, 0.25) is 0 Å². The van der Waals surface area contributed by atoms with Gasteiger partial charge < -0.3 is 9.47 Å². The zero-order chi connectivity index (χ0) is 20.8. The largest absolute Gasteiger partial charge is 0.496 e. The van der Waals surface area contributed by atoms with Gasteiger partial charge in [0.05, 0.1) is 11.6 Å². The highest BCUT2D eigenvalue weighted by atomic mass is 79.9. The third-order valence-corrected chi connectivity index (χ3v) is 5.17. The van der Waals surface area contributed by atoms with Crippen molar-refractivity contribution in [3.63, 3.8) is 0 Å². The number of halogens is 2. The molecule has 29 heavy (non-hydrogen) atoms. The highest BCUT2D eigenvalue weighted by molar-refractivity contribution is 9.10. The van der Waals surface area contributed by atoms with Crippen LogP contribution < -0.4 is 9.47 Å². The molecule has 0 atom stereocenters. The lowest BCUT2D eigenvalue weighted by molar-refractivity contribution is 0.104. The summed E-state index contributed by atoms with van der Waals surface area (Å²) in [5.74, 6) is 1.37. The highest BCUT2D eigenvalue weighted by Gasteiger charge is 2.08. The van der Waals surface area contributed by atoms with Crippen molar-refractivity contribution < 1.29 is 14.3 Å². The van der Waals surface area contributed by atoms with Crippen molar-refractivity contribution in [2.24, 2.45) is 0 Å². The minimum Gasteiger partial charge on any atom is -0.496 e. The summed E-state index contributed by atoms with van der Waals surface area (Å²) in [4.78, 5) is 12.4. The first-order valence-corrected chi connectivity index (χ1v) is 10.2. The standard InChI is InChI=1S/C24H20BrClO3/c1-16-4-3-5-18(12-16)22(27)9-6-17-7-10-23(28-2)19(13-17)15-29-24-11-8-20(26)14-21(24)25/h3-14H,15H2,1-2H3/b9-6+. The molecular formula is C24H20BrClO3. The van der Waals surface area contributed by atoms with Crippen LogP contribution in [0.4, 0.5) is 0 Å². The van der Waals surface area contributed by atoms with Gasteiger partial charge in [0.1, 0.15) is 18.1 Å². The number of rotatable bonds is 7. The number of allylic oxidation sites excluding steroid dienone is 1. The Labute approximate surface area is 184 Å². The summed E-state index contributed by atoms with van der Waals surface area (Å²) in [5.41, 5.74) is 3.49.